The highest BCUT2D eigenvalue weighted by molar-refractivity contribution is 5.95. The van der Waals surface area contributed by atoms with Crippen molar-refractivity contribution in [1.29, 1.82) is 0 Å². The summed E-state index contributed by atoms with van der Waals surface area (Å²) in [5, 5.41) is 17.1. The lowest BCUT2D eigenvalue weighted by molar-refractivity contribution is -0.385. The van der Waals surface area contributed by atoms with Gasteiger partial charge in [0.2, 0.25) is 0 Å². The second kappa shape index (κ2) is 8.55. The normalized spacial score (nSPS) is 16.7. The lowest BCUT2D eigenvalue weighted by Gasteiger charge is -2.12. The molecule has 0 aliphatic carbocycles. The number of hydrogen-bond donors (Lipinski definition) is 2. The molecule has 0 aromatic heterocycles. The van der Waals surface area contributed by atoms with E-state index >= 15 is 0 Å². The average Bonchev–Trinajstić information content (AvgIpc) is 2.98. The molecule has 2 N–H and O–H groups in total. The smallest absolute Gasteiger partial charge is 0.311 e. The maximum atomic E-state index is 12.0. The van der Waals surface area contributed by atoms with Gasteiger partial charge in [0.15, 0.2) is 5.75 Å². The highest BCUT2D eigenvalue weighted by atomic mass is 35.5. The van der Waals surface area contributed by atoms with Gasteiger partial charge in [0, 0.05) is 24.2 Å². The zero-order valence-corrected chi connectivity index (χ0v) is 13.1. The number of ether oxygens (including phenoxy) is 1. The first-order valence-electron chi connectivity index (χ1n) is 7.04. The molecule has 1 aromatic carbocycles. The van der Waals surface area contributed by atoms with E-state index < -0.39 is 4.92 Å². The van der Waals surface area contributed by atoms with Gasteiger partial charge in [0.05, 0.1) is 11.5 Å². The zero-order valence-electron chi connectivity index (χ0n) is 12.3. The quantitative estimate of drug-likeness (QED) is 0.614. The Morgan fingerprint density at radius 3 is 2.91 bits per heavy atom. The molecule has 1 aliphatic rings. The van der Waals surface area contributed by atoms with Crippen LogP contribution in [0.15, 0.2) is 18.2 Å². The zero-order chi connectivity index (χ0) is 15.2. The van der Waals surface area contributed by atoms with Gasteiger partial charge >= 0.3 is 5.69 Å². The number of hydrogen-bond acceptors (Lipinski definition) is 5. The van der Waals surface area contributed by atoms with E-state index in [0.29, 0.717) is 13.2 Å². The van der Waals surface area contributed by atoms with Crippen LogP contribution in [-0.2, 0) is 0 Å². The number of nitro benzene ring substituents is 1. The number of carbonyl (C=O) groups excluding carboxylic acids is 1. The maximum Gasteiger partial charge on any atom is 0.311 e. The first kappa shape index (κ1) is 18.2. The van der Waals surface area contributed by atoms with Crippen molar-refractivity contribution < 1.29 is 14.5 Å². The molecule has 122 valence electrons. The molecule has 0 bridgehead atoms. The summed E-state index contributed by atoms with van der Waals surface area (Å²) in [6.07, 6.45) is 2.14. The third kappa shape index (κ3) is 4.57. The predicted molar refractivity (Wildman–Crippen MR) is 84.9 cm³/mol. The topological polar surface area (TPSA) is 93.5 Å². The molecule has 1 aromatic rings. The van der Waals surface area contributed by atoms with Crippen molar-refractivity contribution >= 4 is 24.0 Å². The first-order chi connectivity index (χ1) is 10.1. The number of nitrogens with zero attached hydrogens (tertiary/aromatic N) is 1. The molecule has 0 spiro atoms. The largest absolute Gasteiger partial charge is 0.487 e. The van der Waals surface area contributed by atoms with E-state index in [1.807, 2.05) is 0 Å². The monoisotopic (exact) mass is 329 g/mol. The van der Waals surface area contributed by atoms with Gasteiger partial charge in [-0.2, -0.15) is 0 Å². The van der Waals surface area contributed by atoms with Crippen molar-refractivity contribution in [2.45, 2.75) is 25.8 Å². The van der Waals surface area contributed by atoms with E-state index in [1.165, 1.54) is 18.2 Å². The second-order valence-corrected chi connectivity index (χ2v) is 4.88. The maximum absolute atomic E-state index is 12.0. The van der Waals surface area contributed by atoms with Crippen LogP contribution in [0.5, 0.6) is 5.75 Å². The van der Waals surface area contributed by atoms with E-state index in [9.17, 15) is 14.9 Å². The number of rotatable bonds is 6. The van der Waals surface area contributed by atoms with E-state index in [0.717, 1.165) is 19.4 Å². The predicted octanol–water partition coefficient (Wildman–Crippen LogP) is 1.90. The first-order valence-corrected chi connectivity index (χ1v) is 7.04. The number of nitro groups is 1. The Bertz CT molecular complexity index is 533. The molecule has 1 aliphatic heterocycles. The van der Waals surface area contributed by atoms with E-state index in [2.05, 4.69) is 10.6 Å². The fourth-order valence-corrected chi connectivity index (χ4v) is 2.33. The molecular formula is C14H20ClN3O4. The summed E-state index contributed by atoms with van der Waals surface area (Å²) in [7, 11) is 0. The Balaban J connectivity index is 0.00000242. The van der Waals surface area contributed by atoms with Crippen LogP contribution in [-0.4, -0.2) is 36.6 Å². The average molecular weight is 330 g/mol. The summed E-state index contributed by atoms with van der Waals surface area (Å²) in [6.45, 7) is 3.58. The minimum Gasteiger partial charge on any atom is -0.487 e. The van der Waals surface area contributed by atoms with Crippen LogP contribution in [0.25, 0.3) is 0 Å². The highest BCUT2D eigenvalue weighted by Crippen LogP contribution is 2.27. The summed E-state index contributed by atoms with van der Waals surface area (Å²) >= 11 is 0. The Kier molecular flexibility index (Phi) is 7.07. The summed E-state index contributed by atoms with van der Waals surface area (Å²) in [5.41, 5.74) is 0.0756. The molecule has 1 saturated heterocycles. The van der Waals surface area contributed by atoms with Gasteiger partial charge in [-0.15, -0.1) is 12.4 Å². The molecule has 1 unspecified atom stereocenters. The molecule has 0 radical (unpaired) electrons. The fraction of sp³-hybridized carbons (Fsp3) is 0.500. The van der Waals surface area contributed by atoms with Crippen LogP contribution in [0.4, 0.5) is 5.69 Å². The van der Waals surface area contributed by atoms with Crippen LogP contribution in [0.1, 0.15) is 30.1 Å². The van der Waals surface area contributed by atoms with E-state index in [4.69, 9.17) is 4.74 Å². The van der Waals surface area contributed by atoms with E-state index in [1.54, 1.807) is 6.92 Å². The Labute approximate surface area is 135 Å². The summed E-state index contributed by atoms with van der Waals surface area (Å²) < 4.78 is 5.19. The molecule has 1 amide bonds. The third-order valence-corrected chi connectivity index (χ3v) is 3.39. The number of nitrogens with one attached hydrogen (secondary N) is 2. The van der Waals surface area contributed by atoms with Crippen LogP contribution in [0, 0.1) is 10.1 Å². The van der Waals surface area contributed by atoms with Crippen molar-refractivity contribution in [3.63, 3.8) is 0 Å². The summed E-state index contributed by atoms with van der Waals surface area (Å²) in [5.74, 6) is -0.133. The van der Waals surface area contributed by atoms with Crippen molar-refractivity contribution in [2.75, 3.05) is 19.7 Å². The number of benzene rings is 1. The molecule has 1 heterocycles. The van der Waals surface area contributed by atoms with Crippen LogP contribution < -0.4 is 15.4 Å². The minimum atomic E-state index is -0.541. The standard InChI is InChI=1S/C14H19N3O4.ClH/c1-2-21-13-6-5-10(8-12(13)17(19)20)14(18)16-9-11-4-3-7-15-11;/h5-6,8,11,15H,2-4,7,9H2,1H3,(H,16,18);1H. The van der Waals surface area contributed by atoms with Gasteiger partial charge in [0.1, 0.15) is 0 Å². The summed E-state index contributed by atoms with van der Waals surface area (Å²) in [6, 6.07) is 4.54. The van der Waals surface area contributed by atoms with Crippen molar-refractivity contribution in [2.24, 2.45) is 0 Å². The minimum absolute atomic E-state index is 0. The summed E-state index contributed by atoms with van der Waals surface area (Å²) in [4.78, 5) is 22.5. The molecule has 7 nitrogen and oxygen atoms in total. The van der Waals surface area contributed by atoms with Crippen LogP contribution in [0.3, 0.4) is 0 Å². The van der Waals surface area contributed by atoms with Crippen LogP contribution in [0.2, 0.25) is 0 Å². The van der Waals surface area contributed by atoms with Crippen molar-refractivity contribution in [1.82, 2.24) is 10.6 Å². The SMILES string of the molecule is CCOc1ccc(C(=O)NCC2CCCN2)cc1[N+](=O)[O-].Cl. The Hall–Kier alpha value is -1.86. The van der Waals surface area contributed by atoms with E-state index in [-0.39, 0.29) is 41.4 Å². The Morgan fingerprint density at radius 1 is 1.55 bits per heavy atom. The molecule has 2 rings (SSSR count). The van der Waals surface area contributed by atoms with Crippen molar-refractivity contribution in [3.8, 4) is 5.75 Å². The van der Waals surface area contributed by atoms with Gasteiger partial charge in [-0.05, 0) is 38.4 Å². The van der Waals surface area contributed by atoms with Gasteiger partial charge in [-0.25, -0.2) is 0 Å². The molecule has 0 saturated carbocycles. The van der Waals surface area contributed by atoms with Gasteiger partial charge in [-0.1, -0.05) is 0 Å². The fourth-order valence-electron chi connectivity index (χ4n) is 2.33. The Morgan fingerprint density at radius 2 is 2.32 bits per heavy atom. The van der Waals surface area contributed by atoms with Gasteiger partial charge in [0.25, 0.3) is 5.91 Å². The number of carbonyl (C=O) groups is 1. The third-order valence-electron chi connectivity index (χ3n) is 3.39. The molecule has 22 heavy (non-hydrogen) atoms. The number of amides is 1. The van der Waals surface area contributed by atoms with Crippen LogP contribution >= 0.6 is 12.4 Å². The molecule has 1 fully saturated rings. The lowest BCUT2D eigenvalue weighted by Crippen LogP contribution is -2.37. The highest BCUT2D eigenvalue weighted by Gasteiger charge is 2.20. The van der Waals surface area contributed by atoms with Crippen molar-refractivity contribution in [3.05, 3.63) is 33.9 Å². The van der Waals surface area contributed by atoms with Gasteiger partial charge in [-0.3, -0.25) is 14.9 Å². The lowest BCUT2D eigenvalue weighted by atomic mass is 10.1. The number of halogens is 1. The van der Waals surface area contributed by atoms with Gasteiger partial charge < -0.3 is 15.4 Å². The molecule has 1 atom stereocenters. The second-order valence-electron chi connectivity index (χ2n) is 4.88. The molecular weight excluding hydrogens is 310 g/mol. The molecule has 8 heteroatoms.